The van der Waals surface area contributed by atoms with Crippen LogP contribution in [0.3, 0.4) is 0 Å². The third-order valence-electron chi connectivity index (χ3n) is 6.43. The monoisotopic (exact) mass is 515 g/mol. The van der Waals surface area contributed by atoms with E-state index in [1.54, 1.807) is 30.7 Å². The van der Waals surface area contributed by atoms with Gasteiger partial charge in [0.15, 0.2) is 0 Å². The number of anilines is 4. The molecular formula is C28H27F2N7O. The molecule has 0 bridgehead atoms. The van der Waals surface area contributed by atoms with E-state index < -0.39 is 0 Å². The molecule has 5 rings (SSSR count). The first-order valence-electron chi connectivity index (χ1n) is 12.3. The van der Waals surface area contributed by atoms with Gasteiger partial charge in [-0.15, -0.1) is 0 Å². The van der Waals surface area contributed by atoms with Gasteiger partial charge >= 0.3 is 0 Å². The first kappa shape index (κ1) is 25.2. The number of carbonyl (C=O) groups is 1. The summed E-state index contributed by atoms with van der Waals surface area (Å²) >= 11 is 0. The fourth-order valence-corrected chi connectivity index (χ4v) is 4.50. The molecule has 0 saturated carbocycles. The van der Waals surface area contributed by atoms with Gasteiger partial charge in [0.2, 0.25) is 11.9 Å². The predicted molar refractivity (Wildman–Crippen MR) is 146 cm³/mol. The standard InChI is InChI=1S/C28H27F2N7O/c1-2-26(38)33-22-14-20(16-31-18-22)23-5-3-4-19-17-32-28(35-27(19)23)34-21-6-7-25(24(30)15-21)37-12-10-36(9-8-29)11-13-37/h2-7,14-18H,1,8-13H2,(H,33,38)(H,32,34,35). The molecule has 8 nitrogen and oxygen atoms in total. The van der Waals surface area contributed by atoms with Crippen molar-refractivity contribution in [2.75, 3.05) is 54.9 Å². The molecule has 2 N–H and O–H groups in total. The molecule has 1 aliphatic heterocycles. The number of para-hydroxylation sites is 1. The minimum absolute atomic E-state index is 0.320. The Hall–Kier alpha value is -4.44. The largest absolute Gasteiger partial charge is 0.367 e. The molecular weight excluding hydrogens is 488 g/mol. The number of amides is 1. The van der Waals surface area contributed by atoms with Crippen LogP contribution in [0.5, 0.6) is 0 Å². The number of fused-ring (bicyclic) bond motifs is 1. The minimum Gasteiger partial charge on any atom is -0.367 e. The van der Waals surface area contributed by atoms with E-state index in [1.165, 1.54) is 12.1 Å². The molecule has 0 aliphatic carbocycles. The number of nitrogens with one attached hydrogen (secondary N) is 2. The molecule has 2 aromatic heterocycles. The second-order valence-electron chi connectivity index (χ2n) is 8.90. The van der Waals surface area contributed by atoms with Crippen molar-refractivity contribution in [3.63, 3.8) is 0 Å². The second kappa shape index (κ2) is 11.3. The molecule has 2 aromatic carbocycles. The molecule has 0 spiro atoms. The molecule has 1 fully saturated rings. The summed E-state index contributed by atoms with van der Waals surface area (Å²) in [6.07, 6.45) is 6.14. The van der Waals surface area contributed by atoms with Crippen LogP contribution < -0.4 is 15.5 Å². The number of hydrogen-bond acceptors (Lipinski definition) is 7. The zero-order valence-electron chi connectivity index (χ0n) is 20.7. The number of benzene rings is 2. The van der Waals surface area contributed by atoms with E-state index in [0.717, 1.165) is 16.5 Å². The van der Waals surface area contributed by atoms with Crippen molar-refractivity contribution in [1.29, 1.82) is 0 Å². The molecule has 1 saturated heterocycles. The highest BCUT2D eigenvalue weighted by molar-refractivity contribution is 6.00. The Balaban J connectivity index is 1.37. The number of aromatic nitrogens is 3. The Kier molecular flexibility index (Phi) is 7.50. The van der Waals surface area contributed by atoms with Crippen LogP contribution >= 0.6 is 0 Å². The third-order valence-corrected chi connectivity index (χ3v) is 6.43. The lowest BCUT2D eigenvalue weighted by atomic mass is 10.0. The van der Waals surface area contributed by atoms with Crippen LogP contribution in [0.15, 0.2) is 73.7 Å². The topological polar surface area (TPSA) is 86.3 Å². The molecule has 38 heavy (non-hydrogen) atoms. The van der Waals surface area contributed by atoms with E-state index in [2.05, 4.69) is 27.2 Å². The van der Waals surface area contributed by atoms with E-state index in [-0.39, 0.29) is 18.4 Å². The van der Waals surface area contributed by atoms with Crippen molar-refractivity contribution in [2.45, 2.75) is 0 Å². The van der Waals surface area contributed by atoms with E-state index in [9.17, 15) is 9.18 Å². The number of piperazine rings is 1. The van der Waals surface area contributed by atoms with E-state index >= 15 is 4.39 Å². The number of alkyl halides is 1. The predicted octanol–water partition coefficient (Wildman–Crippen LogP) is 4.79. The summed E-state index contributed by atoms with van der Waals surface area (Å²) in [4.78, 5) is 29.1. The smallest absolute Gasteiger partial charge is 0.247 e. The fourth-order valence-electron chi connectivity index (χ4n) is 4.50. The van der Waals surface area contributed by atoms with Gasteiger partial charge in [-0.25, -0.2) is 18.7 Å². The maximum Gasteiger partial charge on any atom is 0.247 e. The summed E-state index contributed by atoms with van der Waals surface area (Å²) in [7, 11) is 0. The zero-order chi connectivity index (χ0) is 26.5. The third kappa shape index (κ3) is 5.60. The zero-order valence-corrected chi connectivity index (χ0v) is 20.7. The van der Waals surface area contributed by atoms with Crippen LogP contribution in [0.2, 0.25) is 0 Å². The van der Waals surface area contributed by atoms with E-state index in [1.807, 2.05) is 34.1 Å². The van der Waals surface area contributed by atoms with E-state index in [0.29, 0.717) is 61.3 Å². The summed E-state index contributed by atoms with van der Waals surface area (Å²) in [6, 6.07) is 12.5. The van der Waals surface area contributed by atoms with Crippen molar-refractivity contribution in [2.24, 2.45) is 0 Å². The molecule has 1 aliphatic rings. The second-order valence-corrected chi connectivity index (χ2v) is 8.90. The number of carbonyl (C=O) groups excluding carboxylic acids is 1. The Morgan fingerprint density at radius 1 is 1.05 bits per heavy atom. The maximum absolute atomic E-state index is 15.0. The minimum atomic E-state index is -0.371. The van der Waals surface area contributed by atoms with Crippen molar-refractivity contribution in [3.8, 4) is 11.1 Å². The van der Waals surface area contributed by atoms with Crippen LogP contribution in [0, 0.1) is 5.82 Å². The highest BCUT2D eigenvalue weighted by atomic mass is 19.1. The highest BCUT2D eigenvalue weighted by Crippen LogP contribution is 2.30. The van der Waals surface area contributed by atoms with Gasteiger partial charge in [0.1, 0.15) is 12.5 Å². The Bertz CT molecular complexity index is 1470. The van der Waals surface area contributed by atoms with Gasteiger partial charge in [-0.3, -0.25) is 14.7 Å². The lowest BCUT2D eigenvalue weighted by molar-refractivity contribution is -0.111. The lowest BCUT2D eigenvalue weighted by Crippen LogP contribution is -2.47. The van der Waals surface area contributed by atoms with Crippen LogP contribution in [0.25, 0.3) is 22.0 Å². The van der Waals surface area contributed by atoms with Gasteiger partial charge in [-0.05, 0) is 30.3 Å². The number of nitrogens with zero attached hydrogens (tertiary/aromatic N) is 5. The summed E-state index contributed by atoms with van der Waals surface area (Å²) in [5, 5.41) is 6.64. The summed E-state index contributed by atoms with van der Waals surface area (Å²) < 4.78 is 27.6. The summed E-state index contributed by atoms with van der Waals surface area (Å²) in [5.41, 5.74) is 3.84. The average Bonchev–Trinajstić information content (AvgIpc) is 2.93. The van der Waals surface area contributed by atoms with E-state index in [4.69, 9.17) is 4.98 Å². The Morgan fingerprint density at radius 3 is 2.66 bits per heavy atom. The summed E-state index contributed by atoms with van der Waals surface area (Å²) in [6.45, 7) is 6.22. The number of rotatable bonds is 8. The van der Waals surface area contributed by atoms with Gasteiger partial charge in [0.25, 0.3) is 0 Å². The number of hydrogen-bond donors (Lipinski definition) is 2. The van der Waals surface area contributed by atoms with Crippen molar-refractivity contribution in [1.82, 2.24) is 19.9 Å². The van der Waals surface area contributed by atoms with Crippen molar-refractivity contribution in [3.05, 3.63) is 79.5 Å². The van der Waals surface area contributed by atoms with Crippen LogP contribution in [-0.2, 0) is 4.79 Å². The van der Waals surface area contributed by atoms with Gasteiger partial charge in [-0.1, -0.05) is 24.8 Å². The van der Waals surface area contributed by atoms with Crippen molar-refractivity contribution >= 4 is 39.8 Å². The van der Waals surface area contributed by atoms with Crippen LogP contribution in [-0.4, -0.2) is 65.2 Å². The molecule has 0 atom stereocenters. The molecule has 3 heterocycles. The maximum atomic E-state index is 15.0. The number of halogens is 2. The van der Waals surface area contributed by atoms with Gasteiger partial charge in [0.05, 0.1) is 23.1 Å². The first-order valence-corrected chi connectivity index (χ1v) is 12.3. The Morgan fingerprint density at radius 2 is 1.89 bits per heavy atom. The Labute approximate surface area is 219 Å². The lowest BCUT2D eigenvalue weighted by Gasteiger charge is -2.35. The molecule has 10 heteroatoms. The summed E-state index contributed by atoms with van der Waals surface area (Å²) in [5.74, 6) is -0.353. The SMILES string of the molecule is C=CC(=O)Nc1cncc(-c2cccc3cnc(Nc4ccc(N5CCN(CCF)CC5)c(F)c4)nc23)c1. The molecule has 194 valence electrons. The van der Waals surface area contributed by atoms with Crippen LogP contribution in [0.4, 0.5) is 31.8 Å². The fraction of sp³-hybridized carbons (Fsp3) is 0.214. The molecule has 4 aromatic rings. The number of pyridine rings is 1. The highest BCUT2D eigenvalue weighted by Gasteiger charge is 2.19. The van der Waals surface area contributed by atoms with Gasteiger partial charge < -0.3 is 15.5 Å². The average molecular weight is 516 g/mol. The van der Waals surface area contributed by atoms with Gasteiger partial charge in [-0.2, -0.15) is 0 Å². The molecule has 0 radical (unpaired) electrons. The molecule has 0 unspecified atom stereocenters. The van der Waals surface area contributed by atoms with Crippen LogP contribution in [0.1, 0.15) is 0 Å². The first-order chi connectivity index (χ1) is 18.5. The van der Waals surface area contributed by atoms with Gasteiger partial charge in [0, 0.05) is 67.3 Å². The normalized spacial score (nSPS) is 13.9. The quantitative estimate of drug-likeness (QED) is 0.326. The van der Waals surface area contributed by atoms with Crippen molar-refractivity contribution < 1.29 is 13.6 Å². The molecule has 1 amide bonds.